The van der Waals surface area contributed by atoms with Crippen molar-refractivity contribution in [1.82, 2.24) is 10.1 Å². The number of hydrogen-bond donors (Lipinski definition) is 1. The van der Waals surface area contributed by atoms with E-state index in [2.05, 4.69) is 24.0 Å². The molecular weight excluding hydrogens is 230 g/mol. The van der Waals surface area contributed by atoms with E-state index in [4.69, 9.17) is 15.0 Å². The number of hydrogen-bond acceptors (Lipinski definition) is 5. The topological polar surface area (TPSA) is 74.2 Å². The minimum atomic E-state index is 0.262. The van der Waals surface area contributed by atoms with Gasteiger partial charge in [0.15, 0.2) is 5.82 Å². The molecule has 0 aliphatic heterocycles. The molecule has 0 saturated heterocycles. The van der Waals surface area contributed by atoms with Crippen molar-refractivity contribution in [2.45, 2.75) is 65.0 Å². The van der Waals surface area contributed by atoms with Crippen LogP contribution in [0.1, 0.15) is 64.1 Å². The Morgan fingerprint density at radius 1 is 1.33 bits per heavy atom. The molecule has 0 aliphatic carbocycles. The molecule has 18 heavy (non-hydrogen) atoms. The first-order valence-electron chi connectivity index (χ1n) is 6.79. The lowest BCUT2D eigenvalue weighted by Crippen LogP contribution is -2.14. The summed E-state index contributed by atoms with van der Waals surface area (Å²) in [6.07, 6.45) is 4.14. The molecule has 5 nitrogen and oxygen atoms in total. The smallest absolute Gasteiger partial charge is 0.229 e. The van der Waals surface area contributed by atoms with Gasteiger partial charge in [-0.25, -0.2) is 0 Å². The molecule has 2 N–H and O–H groups in total. The third-order valence-corrected chi connectivity index (χ3v) is 2.78. The summed E-state index contributed by atoms with van der Waals surface area (Å²) in [5.74, 6) is 1.63. The largest absolute Gasteiger partial charge is 0.373 e. The van der Waals surface area contributed by atoms with E-state index < -0.39 is 0 Å². The van der Waals surface area contributed by atoms with Crippen molar-refractivity contribution in [3.8, 4) is 0 Å². The Morgan fingerprint density at radius 2 is 2.11 bits per heavy atom. The third-order valence-electron chi connectivity index (χ3n) is 2.78. The lowest BCUT2D eigenvalue weighted by atomic mass is 10.0. The molecule has 0 amide bonds. The zero-order valence-corrected chi connectivity index (χ0v) is 11.7. The van der Waals surface area contributed by atoms with E-state index in [1.807, 2.05) is 6.92 Å². The highest BCUT2D eigenvalue weighted by molar-refractivity contribution is 4.91. The van der Waals surface area contributed by atoms with Crippen molar-refractivity contribution >= 4 is 0 Å². The Balaban J connectivity index is 2.32. The summed E-state index contributed by atoms with van der Waals surface area (Å²) >= 11 is 0. The van der Waals surface area contributed by atoms with Gasteiger partial charge in [-0.1, -0.05) is 25.4 Å². The van der Waals surface area contributed by atoms with Gasteiger partial charge >= 0.3 is 0 Å². The third kappa shape index (κ3) is 5.60. The van der Waals surface area contributed by atoms with Crippen LogP contribution in [0.3, 0.4) is 0 Å². The van der Waals surface area contributed by atoms with Gasteiger partial charge in [-0.15, -0.1) is 0 Å². The van der Waals surface area contributed by atoms with Crippen LogP contribution in [0.25, 0.3) is 0 Å². The predicted molar refractivity (Wildman–Crippen MR) is 70.2 cm³/mol. The monoisotopic (exact) mass is 255 g/mol. The highest BCUT2D eigenvalue weighted by Crippen LogP contribution is 2.20. The van der Waals surface area contributed by atoms with Gasteiger partial charge in [0, 0.05) is 18.6 Å². The maximum absolute atomic E-state index is 5.72. The van der Waals surface area contributed by atoms with Gasteiger partial charge in [-0.05, 0) is 26.2 Å². The molecule has 5 heteroatoms. The average Bonchev–Trinajstić information content (AvgIpc) is 2.77. The first kappa shape index (κ1) is 15.1. The van der Waals surface area contributed by atoms with Crippen LogP contribution in [0.5, 0.6) is 0 Å². The van der Waals surface area contributed by atoms with E-state index in [0.717, 1.165) is 32.3 Å². The van der Waals surface area contributed by atoms with E-state index in [0.29, 0.717) is 18.3 Å². The zero-order valence-electron chi connectivity index (χ0n) is 11.7. The van der Waals surface area contributed by atoms with E-state index in [1.165, 1.54) is 0 Å². The molecule has 2 atom stereocenters. The first-order chi connectivity index (χ1) is 8.63. The summed E-state index contributed by atoms with van der Waals surface area (Å²) in [6, 6.07) is 0.262. The van der Waals surface area contributed by atoms with E-state index in [1.54, 1.807) is 0 Å². The molecule has 0 radical (unpaired) electrons. The molecule has 104 valence electrons. The van der Waals surface area contributed by atoms with Gasteiger partial charge in [0.05, 0.1) is 0 Å². The Morgan fingerprint density at radius 3 is 2.78 bits per heavy atom. The summed E-state index contributed by atoms with van der Waals surface area (Å²) in [5, 5.41) is 3.92. The van der Waals surface area contributed by atoms with Gasteiger partial charge in [0.2, 0.25) is 5.89 Å². The molecule has 1 aromatic heterocycles. The maximum atomic E-state index is 5.72. The molecule has 0 spiro atoms. The van der Waals surface area contributed by atoms with E-state index in [-0.39, 0.29) is 12.0 Å². The molecule has 0 aromatic carbocycles. The molecule has 2 unspecified atom stereocenters. The zero-order chi connectivity index (χ0) is 13.4. The standard InChI is InChI=1S/C13H25N3O2/c1-4-8-17-9-12-15-13(18-16-12)10(2)6-5-7-11(3)14/h10-11H,4-9,14H2,1-3H3. The number of nitrogens with zero attached hydrogens (tertiary/aromatic N) is 2. The van der Waals surface area contributed by atoms with Gasteiger partial charge in [-0.2, -0.15) is 4.98 Å². The van der Waals surface area contributed by atoms with Crippen molar-refractivity contribution < 1.29 is 9.26 Å². The predicted octanol–water partition coefficient (Wildman–Crippen LogP) is 2.62. The molecule has 0 saturated carbocycles. The van der Waals surface area contributed by atoms with Crippen LogP contribution in [0, 0.1) is 0 Å². The quantitative estimate of drug-likeness (QED) is 0.686. The van der Waals surface area contributed by atoms with Gasteiger partial charge < -0.3 is 15.0 Å². The molecule has 1 heterocycles. The Kier molecular flexibility index (Phi) is 6.90. The number of nitrogens with two attached hydrogens (primary N) is 1. The fraction of sp³-hybridized carbons (Fsp3) is 0.846. The second-order valence-corrected chi connectivity index (χ2v) is 4.91. The Hall–Kier alpha value is -0.940. The normalized spacial score (nSPS) is 14.7. The molecule has 1 aromatic rings. The molecule has 1 rings (SSSR count). The fourth-order valence-corrected chi connectivity index (χ4v) is 1.70. The first-order valence-corrected chi connectivity index (χ1v) is 6.79. The van der Waals surface area contributed by atoms with Crippen molar-refractivity contribution in [1.29, 1.82) is 0 Å². The fourth-order valence-electron chi connectivity index (χ4n) is 1.70. The van der Waals surface area contributed by atoms with Crippen LogP contribution < -0.4 is 5.73 Å². The summed E-state index contributed by atoms with van der Waals surface area (Å²) < 4.78 is 10.6. The van der Waals surface area contributed by atoms with Crippen LogP contribution in [0.4, 0.5) is 0 Å². The lowest BCUT2D eigenvalue weighted by molar-refractivity contribution is 0.114. The molecular formula is C13H25N3O2. The molecule has 0 fully saturated rings. The number of aromatic nitrogens is 2. The SMILES string of the molecule is CCCOCc1noc(C(C)CCCC(C)N)n1. The summed E-state index contributed by atoms with van der Waals surface area (Å²) in [5.41, 5.74) is 5.72. The van der Waals surface area contributed by atoms with E-state index >= 15 is 0 Å². The van der Waals surface area contributed by atoms with Gasteiger partial charge in [-0.3, -0.25) is 0 Å². The van der Waals surface area contributed by atoms with Crippen molar-refractivity contribution in [2.75, 3.05) is 6.61 Å². The molecule has 0 aliphatic rings. The number of ether oxygens (including phenoxy) is 1. The highest BCUT2D eigenvalue weighted by Gasteiger charge is 2.14. The summed E-state index contributed by atoms with van der Waals surface area (Å²) in [7, 11) is 0. The van der Waals surface area contributed by atoms with Crippen molar-refractivity contribution in [3.05, 3.63) is 11.7 Å². The van der Waals surface area contributed by atoms with Crippen molar-refractivity contribution in [3.63, 3.8) is 0 Å². The summed E-state index contributed by atoms with van der Waals surface area (Å²) in [6.45, 7) is 7.37. The maximum Gasteiger partial charge on any atom is 0.229 e. The van der Waals surface area contributed by atoms with Crippen LogP contribution in [-0.2, 0) is 11.3 Å². The average molecular weight is 255 g/mol. The minimum Gasteiger partial charge on any atom is -0.373 e. The van der Waals surface area contributed by atoms with Crippen LogP contribution in [0.15, 0.2) is 4.52 Å². The Labute approximate surface area is 109 Å². The Bertz CT molecular complexity index is 326. The van der Waals surface area contributed by atoms with E-state index in [9.17, 15) is 0 Å². The highest BCUT2D eigenvalue weighted by atomic mass is 16.5. The lowest BCUT2D eigenvalue weighted by Gasteiger charge is -2.07. The minimum absolute atomic E-state index is 0.262. The van der Waals surface area contributed by atoms with Gasteiger partial charge in [0.25, 0.3) is 0 Å². The molecule has 0 bridgehead atoms. The number of rotatable bonds is 9. The second kappa shape index (κ2) is 8.21. The second-order valence-electron chi connectivity index (χ2n) is 4.91. The van der Waals surface area contributed by atoms with Crippen LogP contribution >= 0.6 is 0 Å². The van der Waals surface area contributed by atoms with Crippen LogP contribution in [0.2, 0.25) is 0 Å². The van der Waals surface area contributed by atoms with Crippen molar-refractivity contribution in [2.24, 2.45) is 5.73 Å². The summed E-state index contributed by atoms with van der Waals surface area (Å²) in [4.78, 5) is 4.35. The van der Waals surface area contributed by atoms with Gasteiger partial charge in [0.1, 0.15) is 6.61 Å². The van der Waals surface area contributed by atoms with Crippen LogP contribution in [-0.4, -0.2) is 22.8 Å².